The highest BCUT2D eigenvalue weighted by atomic mass is 16.8. The molecule has 3 heterocycles. The molecule has 0 amide bonds. The summed E-state index contributed by atoms with van der Waals surface area (Å²) < 4.78 is 83.6. The molecule has 3 aromatic rings. The average molecular weight is 866 g/mol. The minimum Gasteiger partial charge on any atom is -0.387 e. The maximum absolute atomic E-state index is 12.5. The van der Waals surface area contributed by atoms with Gasteiger partial charge in [0.15, 0.2) is 6.29 Å². The van der Waals surface area contributed by atoms with Crippen LogP contribution < -0.4 is 0 Å². The number of ether oxygens (including phenoxy) is 13. The Bertz CT molecular complexity index is 1930. The fraction of sp³-hybridized carbons (Fsp3) is 0.600. The van der Waals surface area contributed by atoms with Gasteiger partial charge in [0.25, 0.3) is 0 Å². The molecule has 62 heavy (non-hydrogen) atoms. The first-order valence-corrected chi connectivity index (χ1v) is 20.7. The maximum atomic E-state index is 12.5. The van der Waals surface area contributed by atoms with Gasteiger partial charge >= 0.3 is 0 Å². The number of hydrogen-bond acceptors (Lipinski definition) is 15. The van der Waals surface area contributed by atoms with Gasteiger partial charge < -0.3 is 66.7 Å². The zero-order chi connectivity index (χ0) is 44.1. The molecule has 7 rings (SSSR count). The number of azide groups is 1. The van der Waals surface area contributed by atoms with Crippen LogP contribution in [-0.2, 0) is 81.4 Å². The lowest BCUT2D eigenvalue weighted by molar-refractivity contribution is -0.513. The minimum atomic E-state index is -1.54. The Morgan fingerprint density at radius 1 is 0.581 bits per heavy atom. The van der Waals surface area contributed by atoms with Crippen LogP contribution in [0.25, 0.3) is 10.4 Å². The summed E-state index contributed by atoms with van der Waals surface area (Å²) >= 11 is 0. The Balaban J connectivity index is 1.27. The summed E-state index contributed by atoms with van der Waals surface area (Å²) in [7, 11) is 5.84. The topological polar surface area (TPSA) is 189 Å². The molecule has 338 valence electrons. The Hall–Kier alpha value is -3.59. The zero-order valence-electron chi connectivity index (χ0n) is 36.4. The summed E-state index contributed by atoms with van der Waals surface area (Å²) in [5.41, 5.74) is 12.9. The van der Waals surface area contributed by atoms with Crippen molar-refractivity contribution in [2.75, 3.05) is 35.0 Å². The maximum Gasteiger partial charge on any atom is 0.220 e. The van der Waals surface area contributed by atoms with Gasteiger partial charge in [-0.3, -0.25) is 0 Å². The molecule has 17 heteroatoms. The number of aliphatic hydroxyl groups is 1. The predicted molar refractivity (Wildman–Crippen MR) is 220 cm³/mol. The third kappa shape index (κ3) is 9.17. The van der Waals surface area contributed by atoms with Crippen molar-refractivity contribution >= 4 is 0 Å². The average Bonchev–Trinajstić information content (AvgIpc) is 3.29. The third-order valence-corrected chi connectivity index (χ3v) is 12.7. The molecule has 0 radical (unpaired) electrons. The van der Waals surface area contributed by atoms with Crippen molar-refractivity contribution in [3.8, 4) is 0 Å². The second-order valence-corrected chi connectivity index (χ2v) is 16.3. The van der Waals surface area contributed by atoms with Crippen LogP contribution >= 0.6 is 0 Å². The van der Waals surface area contributed by atoms with Crippen molar-refractivity contribution in [3.63, 3.8) is 0 Å². The van der Waals surface area contributed by atoms with E-state index in [0.717, 1.165) is 16.7 Å². The normalized spacial score (nSPS) is 39.3. The van der Waals surface area contributed by atoms with Gasteiger partial charge in [-0.05, 0) is 49.9 Å². The summed E-state index contributed by atoms with van der Waals surface area (Å²) in [5, 5.41) is 16.7. The van der Waals surface area contributed by atoms with Gasteiger partial charge in [-0.2, -0.15) is 0 Å². The highest BCUT2D eigenvalue weighted by Crippen LogP contribution is 2.51. The monoisotopic (exact) mass is 865 g/mol. The lowest BCUT2D eigenvalue weighted by atomic mass is 9.80. The highest BCUT2D eigenvalue weighted by molar-refractivity contribution is 5.16. The standard InChI is InChI=1S/C45H59N3O14/c1-42(50-5)43(2,51-6)61-39-37(59-42)33(49)36(38-40(39)62-45(4,53-8)44(3,52-7)60-38)58-41-32(47-48-46)35(56-26-30-22-16-11-17-23-30)34(55-25-29-20-14-10-15-21-29)31(57-41)27-54-24-28-18-12-9-13-19-28/h9-23,31-41,49H,24-27H2,1-8H3/t31-,32-,33+,34-,35-,36+,37+,38+,39-,40-,41-,42-,43-,44-,45-/m1/s1. The van der Waals surface area contributed by atoms with Crippen LogP contribution in [0.5, 0.6) is 0 Å². The smallest absolute Gasteiger partial charge is 0.220 e. The van der Waals surface area contributed by atoms with Crippen LogP contribution in [0.15, 0.2) is 96.1 Å². The molecule has 4 fully saturated rings. The van der Waals surface area contributed by atoms with Gasteiger partial charge in [0, 0.05) is 33.4 Å². The first kappa shape index (κ1) is 46.4. The Morgan fingerprint density at radius 2 is 1.00 bits per heavy atom. The quantitative estimate of drug-likeness (QED) is 0.101. The highest BCUT2D eigenvalue weighted by Gasteiger charge is 2.70. The molecule has 3 aromatic carbocycles. The van der Waals surface area contributed by atoms with E-state index in [1.54, 1.807) is 27.7 Å². The van der Waals surface area contributed by atoms with E-state index < -0.39 is 90.4 Å². The van der Waals surface area contributed by atoms with E-state index in [1.165, 1.54) is 28.4 Å². The molecular formula is C45H59N3O14. The third-order valence-electron chi connectivity index (χ3n) is 12.7. The molecule has 17 nitrogen and oxygen atoms in total. The van der Waals surface area contributed by atoms with Crippen molar-refractivity contribution in [2.24, 2.45) is 5.11 Å². The van der Waals surface area contributed by atoms with E-state index in [-0.39, 0.29) is 26.4 Å². The summed E-state index contributed by atoms with van der Waals surface area (Å²) in [5.74, 6) is -6.02. The molecule has 3 saturated heterocycles. The fourth-order valence-corrected chi connectivity index (χ4v) is 8.50. The van der Waals surface area contributed by atoms with Crippen LogP contribution in [0.1, 0.15) is 44.4 Å². The molecule has 0 unspecified atom stereocenters. The van der Waals surface area contributed by atoms with E-state index in [4.69, 9.17) is 61.6 Å². The second kappa shape index (κ2) is 19.7. The molecule has 0 aromatic heterocycles. The van der Waals surface area contributed by atoms with E-state index in [2.05, 4.69) is 10.0 Å². The number of fused-ring (bicyclic) bond motifs is 3. The number of benzene rings is 3. The summed E-state index contributed by atoms with van der Waals surface area (Å²) in [6, 6.07) is 27.8. The fourth-order valence-electron chi connectivity index (χ4n) is 8.50. The van der Waals surface area contributed by atoms with Gasteiger partial charge in [0.05, 0.1) is 26.4 Å². The molecule has 1 N–H and O–H groups in total. The molecule has 15 atom stereocenters. The predicted octanol–water partition coefficient (Wildman–Crippen LogP) is 5.56. The molecular weight excluding hydrogens is 807 g/mol. The first-order valence-electron chi connectivity index (χ1n) is 20.7. The van der Waals surface area contributed by atoms with Gasteiger partial charge in [-0.1, -0.05) is 96.1 Å². The van der Waals surface area contributed by atoms with Crippen molar-refractivity contribution < 1.29 is 66.7 Å². The van der Waals surface area contributed by atoms with E-state index in [9.17, 15) is 10.6 Å². The molecule has 4 aliphatic rings. The summed E-state index contributed by atoms with van der Waals surface area (Å²) in [4.78, 5) is 3.24. The van der Waals surface area contributed by atoms with E-state index >= 15 is 0 Å². The Morgan fingerprint density at radius 3 is 1.47 bits per heavy atom. The molecule has 0 spiro atoms. The van der Waals surface area contributed by atoms with E-state index in [1.807, 2.05) is 91.0 Å². The van der Waals surface area contributed by atoms with Crippen LogP contribution in [0.3, 0.4) is 0 Å². The van der Waals surface area contributed by atoms with Gasteiger partial charge in [0.1, 0.15) is 61.0 Å². The van der Waals surface area contributed by atoms with Crippen LogP contribution in [0.4, 0.5) is 0 Å². The minimum absolute atomic E-state index is 0.0265. The first-order chi connectivity index (χ1) is 29.8. The largest absolute Gasteiger partial charge is 0.387 e. The zero-order valence-corrected chi connectivity index (χ0v) is 36.4. The molecule has 0 bridgehead atoms. The Labute approximate surface area is 362 Å². The number of rotatable bonds is 17. The van der Waals surface area contributed by atoms with Crippen molar-refractivity contribution in [1.29, 1.82) is 0 Å². The van der Waals surface area contributed by atoms with E-state index in [0.29, 0.717) is 0 Å². The van der Waals surface area contributed by atoms with Crippen molar-refractivity contribution in [2.45, 2.75) is 138 Å². The van der Waals surface area contributed by atoms with Crippen LogP contribution in [0.2, 0.25) is 0 Å². The lowest BCUT2D eigenvalue weighted by Gasteiger charge is -2.62. The van der Waals surface area contributed by atoms with Gasteiger partial charge in [0.2, 0.25) is 23.1 Å². The molecule has 3 aliphatic heterocycles. The van der Waals surface area contributed by atoms with Gasteiger partial charge in [-0.25, -0.2) is 0 Å². The number of nitrogens with zero attached hydrogens (tertiary/aromatic N) is 3. The second-order valence-electron chi connectivity index (χ2n) is 16.3. The number of aliphatic hydroxyl groups excluding tert-OH is 1. The van der Waals surface area contributed by atoms with Crippen molar-refractivity contribution in [1.82, 2.24) is 0 Å². The number of hydrogen-bond donors (Lipinski definition) is 1. The molecule has 1 aliphatic carbocycles. The lowest BCUT2D eigenvalue weighted by Crippen LogP contribution is -2.80. The summed E-state index contributed by atoms with van der Waals surface area (Å²) in [6.45, 7) is 7.27. The van der Waals surface area contributed by atoms with Crippen LogP contribution in [-0.4, -0.2) is 131 Å². The SMILES string of the molecule is CO[C@]1(C)O[C@@H]2[C@@H](O[C@@]1(C)OC)[C@@H](O[C@H]1O[C@H](COCc3ccccc3)[C@@H](OCc3ccccc3)[C@H](OCc3ccccc3)[C@H]1N=[N+]=[N-])[C@H](O)[C@@H]1O[C@@](C)(OC)[C@](C)(OC)O[C@@H]21. The Kier molecular flexibility index (Phi) is 14.7. The van der Waals surface area contributed by atoms with Crippen molar-refractivity contribution in [3.05, 3.63) is 118 Å². The molecule has 1 saturated carbocycles. The van der Waals surface area contributed by atoms with Gasteiger partial charge in [-0.15, -0.1) is 0 Å². The number of methoxy groups -OCH3 is 4. The van der Waals surface area contributed by atoms with Crippen LogP contribution in [0, 0.1) is 0 Å². The summed E-state index contributed by atoms with van der Waals surface area (Å²) in [6.07, 6.45) is -11.1.